The molecule has 1 aliphatic heterocycles. The minimum atomic E-state index is -4.94. The average Bonchev–Trinajstić information content (AvgIpc) is 3.43. The molecule has 0 amide bonds. The van der Waals surface area contributed by atoms with Gasteiger partial charge >= 0.3 is 18.3 Å². The maximum Gasteiger partial charge on any atom is 0.435 e. The van der Waals surface area contributed by atoms with Gasteiger partial charge in [-0.15, -0.1) is 0 Å². The van der Waals surface area contributed by atoms with Crippen molar-refractivity contribution in [1.82, 2.24) is 15.1 Å². The minimum absolute atomic E-state index is 0.0271. The largest absolute Gasteiger partial charge is 0.465 e. The standard InChI is InChI=1S/C25H23F7N4O3/c1-13(17-8-5-15(11-18(17)26)23(38)39-2)33-21(37)19-20(25(30,31)32)34-36-10-9-35(22(19)36)12-14-3-6-16(7-4-14)24(27,28)29/h3-8,11,13,21,33,37H,9-10,12H2,1-2H3/t13-,21?/m0/s1. The van der Waals surface area contributed by atoms with E-state index >= 15 is 0 Å². The van der Waals surface area contributed by atoms with Gasteiger partial charge in [-0.3, -0.25) is 5.32 Å². The fourth-order valence-electron chi connectivity index (χ4n) is 4.45. The molecule has 0 aliphatic carbocycles. The summed E-state index contributed by atoms with van der Waals surface area (Å²) in [4.78, 5) is 13.1. The molecule has 1 unspecified atom stereocenters. The lowest BCUT2D eigenvalue weighted by atomic mass is 10.0. The second kappa shape index (κ2) is 10.5. The molecule has 0 saturated carbocycles. The van der Waals surface area contributed by atoms with Gasteiger partial charge in [0.25, 0.3) is 0 Å². The number of carbonyl (C=O) groups excluding carboxylic acids is 1. The van der Waals surface area contributed by atoms with Gasteiger partial charge in [0.2, 0.25) is 0 Å². The van der Waals surface area contributed by atoms with Crippen molar-refractivity contribution in [2.75, 3.05) is 18.6 Å². The van der Waals surface area contributed by atoms with Gasteiger partial charge in [0.1, 0.15) is 17.9 Å². The number of methoxy groups -OCH3 is 1. The number of hydrogen-bond donors (Lipinski definition) is 2. The highest BCUT2D eigenvalue weighted by molar-refractivity contribution is 5.89. The zero-order chi connectivity index (χ0) is 28.7. The van der Waals surface area contributed by atoms with Crippen LogP contribution in [0.1, 0.15) is 57.5 Å². The van der Waals surface area contributed by atoms with Gasteiger partial charge in [0, 0.05) is 24.7 Å². The topological polar surface area (TPSA) is 79.6 Å². The molecule has 0 radical (unpaired) electrons. The van der Waals surface area contributed by atoms with Crippen LogP contribution in [0.15, 0.2) is 42.5 Å². The lowest BCUT2D eigenvalue weighted by Gasteiger charge is -2.25. The van der Waals surface area contributed by atoms with Crippen LogP contribution in [0, 0.1) is 5.82 Å². The van der Waals surface area contributed by atoms with Crippen molar-refractivity contribution < 1.29 is 45.4 Å². The number of aliphatic hydroxyl groups excluding tert-OH is 1. The van der Waals surface area contributed by atoms with Crippen LogP contribution in [-0.2, 0) is 30.2 Å². The Morgan fingerprint density at radius 1 is 1.08 bits per heavy atom. The number of halogens is 7. The van der Waals surface area contributed by atoms with Gasteiger partial charge in [-0.25, -0.2) is 13.9 Å². The molecule has 7 nitrogen and oxygen atoms in total. The average molecular weight is 560 g/mol. The first-order valence-corrected chi connectivity index (χ1v) is 11.6. The molecule has 1 aliphatic rings. The fraction of sp³-hybridized carbons (Fsp3) is 0.360. The first-order valence-electron chi connectivity index (χ1n) is 11.6. The molecular weight excluding hydrogens is 537 g/mol. The summed E-state index contributed by atoms with van der Waals surface area (Å²) in [6.45, 7) is 1.61. The van der Waals surface area contributed by atoms with Crippen molar-refractivity contribution >= 4 is 11.8 Å². The van der Waals surface area contributed by atoms with E-state index < -0.39 is 53.2 Å². The maximum absolute atomic E-state index is 14.7. The van der Waals surface area contributed by atoms with Crippen LogP contribution in [0.3, 0.4) is 0 Å². The monoisotopic (exact) mass is 560 g/mol. The molecule has 3 aromatic rings. The van der Waals surface area contributed by atoms with Crippen molar-refractivity contribution in [2.24, 2.45) is 0 Å². The van der Waals surface area contributed by atoms with E-state index in [1.807, 2.05) is 0 Å². The Morgan fingerprint density at radius 2 is 1.74 bits per heavy atom. The van der Waals surface area contributed by atoms with E-state index in [0.717, 1.165) is 30.0 Å². The summed E-state index contributed by atoms with van der Waals surface area (Å²) in [7, 11) is 1.12. The first kappa shape index (κ1) is 28.4. The molecular formula is C25H23F7N4O3. The molecule has 0 saturated heterocycles. The predicted molar refractivity (Wildman–Crippen MR) is 124 cm³/mol. The predicted octanol–water partition coefficient (Wildman–Crippen LogP) is 5.21. The Balaban J connectivity index is 1.62. The molecule has 2 aromatic carbocycles. The zero-order valence-corrected chi connectivity index (χ0v) is 20.6. The van der Waals surface area contributed by atoms with Crippen LogP contribution in [0.2, 0.25) is 0 Å². The molecule has 14 heteroatoms. The molecule has 0 spiro atoms. The normalized spacial score (nSPS) is 15.3. The Labute approximate surface area is 217 Å². The van der Waals surface area contributed by atoms with E-state index in [2.05, 4.69) is 15.2 Å². The highest BCUT2D eigenvalue weighted by atomic mass is 19.4. The van der Waals surface area contributed by atoms with Crippen LogP contribution in [-0.4, -0.2) is 34.5 Å². The van der Waals surface area contributed by atoms with E-state index in [4.69, 9.17) is 0 Å². The Morgan fingerprint density at radius 3 is 2.31 bits per heavy atom. The summed E-state index contributed by atoms with van der Waals surface area (Å²) in [6, 6.07) is 6.64. The lowest BCUT2D eigenvalue weighted by Crippen LogP contribution is -2.29. The second-order valence-electron chi connectivity index (χ2n) is 8.94. The number of fused-ring (bicyclic) bond motifs is 1. The molecule has 2 atom stereocenters. The zero-order valence-electron chi connectivity index (χ0n) is 20.6. The summed E-state index contributed by atoms with van der Waals surface area (Å²) >= 11 is 0. The smallest absolute Gasteiger partial charge is 0.435 e. The number of rotatable bonds is 7. The lowest BCUT2D eigenvalue weighted by molar-refractivity contribution is -0.143. The van der Waals surface area contributed by atoms with Gasteiger partial charge in [-0.2, -0.15) is 31.4 Å². The van der Waals surface area contributed by atoms with Crippen molar-refractivity contribution in [1.29, 1.82) is 0 Å². The maximum atomic E-state index is 14.7. The summed E-state index contributed by atoms with van der Waals surface area (Å²) in [5.74, 6) is -1.68. The molecule has 39 heavy (non-hydrogen) atoms. The fourth-order valence-corrected chi connectivity index (χ4v) is 4.45. The third-order valence-corrected chi connectivity index (χ3v) is 6.34. The second-order valence-corrected chi connectivity index (χ2v) is 8.94. The van der Waals surface area contributed by atoms with Gasteiger partial charge in [-0.1, -0.05) is 18.2 Å². The van der Waals surface area contributed by atoms with E-state index in [1.54, 1.807) is 0 Å². The molecule has 210 valence electrons. The van der Waals surface area contributed by atoms with Crippen molar-refractivity contribution in [3.8, 4) is 0 Å². The van der Waals surface area contributed by atoms with Crippen LogP contribution in [0.25, 0.3) is 0 Å². The molecule has 0 fully saturated rings. The number of alkyl halides is 6. The first-order chi connectivity index (χ1) is 18.2. The third kappa shape index (κ3) is 5.86. The molecule has 2 N–H and O–H groups in total. The SMILES string of the molecule is COC(=O)c1ccc([C@H](C)NC(O)c2c(C(F)(F)F)nn3c2N(Cc2ccc(C(F)(F)F)cc2)CC3)c(F)c1. The number of benzene rings is 2. The number of aliphatic hydroxyl groups is 1. The van der Waals surface area contributed by atoms with Gasteiger partial charge < -0.3 is 14.7 Å². The van der Waals surface area contributed by atoms with Gasteiger partial charge in [0.15, 0.2) is 5.69 Å². The van der Waals surface area contributed by atoms with E-state index in [0.29, 0.717) is 5.56 Å². The van der Waals surface area contributed by atoms with E-state index in [1.165, 1.54) is 36.1 Å². The summed E-state index contributed by atoms with van der Waals surface area (Å²) in [6.07, 6.45) is -11.4. The number of esters is 1. The summed E-state index contributed by atoms with van der Waals surface area (Å²) < 4.78 is 101. The Kier molecular flexibility index (Phi) is 7.63. The number of anilines is 1. The van der Waals surface area contributed by atoms with Crippen LogP contribution >= 0.6 is 0 Å². The van der Waals surface area contributed by atoms with Crippen molar-refractivity contribution in [3.63, 3.8) is 0 Å². The van der Waals surface area contributed by atoms with E-state index in [9.17, 15) is 40.6 Å². The van der Waals surface area contributed by atoms with Crippen molar-refractivity contribution in [2.45, 2.75) is 44.6 Å². The minimum Gasteiger partial charge on any atom is -0.465 e. The van der Waals surface area contributed by atoms with Crippen molar-refractivity contribution in [3.05, 3.63) is 81.8 Å². The number of nitrogens with zero attached hydrogens (tertiary/aromatic N) is 3. The van der Waals surface area contributed by atoms with Crippen LogP contribution in [0.4, 0.5) is 36.6 Å². The van der Waals surface area contributed by atoms with E-state index in [-0.39, 0.29) is 36.6 Å². The molecule has 2 heterocycles. The quantitative estimate of drug-likeness (QED) is 0.235. The Bertz CT molecular complexity index is 1350. The van der Waals surface area contributed by atoms with Gasteiger partial charge in [-0.05, 0) is 36.8 Å². The number of nitrogens with one attached hydrogen (secondary N) is 1. The number of aromatic nitrogens is 2. The molecule has 1 aromatic heterocycles. The van der Waals surface area contributed by atoms with Gasteiger partial charge in [0.05, 0.1) is 30.3 Å². The highest BCUT2D eigenvalue weighted by Crippen LogP contribution is 2.41. The number of carbonyl (C=O) groups is 1. The number of hydrogen-bond acceptors (Lipinski definition) is 6. The number of ether oxygens (including phenoxy) is 1. The molecule has 4 rings (SSSR count). The highest BCUT2D eigenvalue weighted by Gasteiger charge is 2.44. The summed E-state index contributed by atoms with van der Waals surface area (Å²) in [5, 5.41) is 17.1. The Hall–Kier alpha value is -3.65. The van der Waals surface area contributed by atoms with Crippen LogP contribution < -0.4 is 10.2 Å². The van der Waals surface area contributed by atoms with Crippen LogP contribution in [0.5, 0.6) is 0 Å². The molecule has 0 bridgehead atoms. The summed E-state index contributed by atoms with van der Waals surface area (Å²) in [5.41, 5.74) is -2.49. The third-order valence-electron chi connectivity index (χ3n) is 6.34.